The lowest BCUT2D eigenvalue weighted by molar-refractivity contribution is -0.124. The fraction of sp³-hybridized carbons (Fsp3) is 0.679. The molecule has 2 unspecified atom stereocenters. The Balaban J connectivity index is 1.17. The molecule has 6 rings (SSSR count). The maximum Gasteiger partial charge on any atom is 0.318 e. The zero-order chi connectivity index (χ0) is 26.3. The molecule has 0 saturated carbocycles. The summed E-state index contributed by atoms with van der Waals surface area (Å²) in [5.74, 6) is 2.43. The van der Waals surface area contributed by atoms with Gasteiger partial charge in [-0.15, -0.1) is 0 Å². The quantitative estimate of drug-likeness (QED) is 0.509. The first-order valence-electron chi connectivity index (χ1n) is 14.2. The first-order chi connectivity index (χ1) is 18.4. The number of anilines is 1. The van der Waals surface area contributed by atoms with E-state index in [9.17, 15) is 4.79 Å². The number of aryl methyl sites for hydroxylation is 2. The van der Waals surface area contributed by atoms with E-state index < -0.39 is 0 Å². The minimum Gasteiger partial charge on any atom is -0.461 e. The van der Waals surface area contributed by atoms with Crippen LogP contribution in [0.3, 0.4) is 0 Å². The average Bonchev–Trinajstić information content (AvgIpc) is 3.70. The fourth-order valence-electron chi connectivity index (χ4n) is 6.82. The van der Waals surface area contributed by atoms with E-state index in [4.69, 9.17) is 19.2 Å². The fourth-order valence-corrected chi connectivity index (χ4v) is 6.82. The summed E-state index contributed by atoms with van der Waals surface area (Å²) in [6.07, 6.45) is 12.0. The van der Waals surface area contributed by atoms with Crippen LogP contribution in [0.4, 0.5) is 5.82 Å². The van der Waals surface area contributed by atoms with Gasteiger partial charge in [-0.25, -0.2) is 0 Å². The van der Waals surface area contributed by atoms with E-state index in [0.29, 0.717) is 43.3 Å². The Kier molecular flexibility index (Phi) is 6.84. The topological polar surface area (TPSA) is 101 Å². The third-order valence-electron chi connectivity index (χ3n) is 9.03. The molecule has 3 fully saturated rings. The Morgan fingerprint density at radius 2 is 2.00 bits per heavy atom. The molecule has 2 atom stereocenters. The lowest BCUT2D eigenvalue weighted by Gasteiger charge is -2.33. The number of amides is 1. The molecule has 2 aromatic rings. The van der Waals surface area contributed by atoms with Crippen LogP contribution in [-0.4, -0.2) is 87.2 Å². The van der Waals surface area contributed by atoms with Gasteiger partial charge >= 0.3 is 6.01 Å². The molecule has 38 heavy (non-hydrogen) atoms. The van der Waals surface area contributed by atoms with Crippen LogP contribution < -0.4 is 9.64 Å². The molecule has 0 radical (unpaired) electrons. The summed E-state index contributed by atoms with van der Waals surface area (Å²) >= 11 is 0. The lowest BCUT2D eigenvalue weighted by Crippen LogP contribution is -2.43. The second-order valence-corrected chi connectivity index (χ2v) is 11.7. The number of carbonyl (C=O) groups is 1. The van der Waals surface area contributed by atoms with Gasteiger partial charge in [0.1, 0.15) is 12.4 Å². The van der Waals surface area contributed by atoms with E-state index in [1.807, 2.05) is 4.90 Å². The third kappa shape index (κ3) is 4.90. The Bertz CT molecular complexity index is 1200. The Morgan fingerprint density at radius 3 is 2.76 bits per heavy atom. The summed E-state index contributed by atoms with van der Waals surface area (Å²) in [6.45, 7) is 8.44. The summed E-state index contributed by atoms with van der Waals surface area (Å²) in [5, 5.41) is 3.77. The summed E-state index contributed by atoms with van der Waals surface area (Å²) in [4.78, 5) is 33.7. The third-order valence-corrected chi connectivity index (χ3v) is 9.03. The number of hydrogen-bond donors (Lipinski definition) is 0. The number of likely N-dealkylation sites (N-methyl/N-ethyl adjacent to an activating group) is 1. The summed E-state index contributed by atoms with van der Waals surface area (Å²) < 4.78 is 11.5. The number of ether oxygens (including phenoxy) is 1. The van der Waals surface area contributed by atoms with Gasteiger partial charge in [0.2, 0.25) is 5.91 Å². The maximum atomic E-state index is 12.8. The number of likely N-dealkylation sites (tertiary alicyclic amines) is 1. The van der Waals surface area contributed by atoms with Crippen LogP contribution in [0.2, 0.25) is 0 Å². The monoisotopic (exact) mass is 521 g/mol. The first kappa shape index (κ1) is 25.3. The second kappa shape index (κ2) is 10.3. The van der Waals surface area contributed by atoms with Gasteiger partial charge in [-0.05, 0) is 77.3 Å². The van der Waals surface area contributed by atoms with E-state index >= 15 is 0 Å². The molecule has 3 aliphatic heterocycles. The van der Waals surface area contributed by atoms with Crippen LogP contribution in [0.15, 0.2) is 10.6 Å². The van der Waals surface area contributed by atoms with Crippen LogP contribution >= 0.6 is 0 Å². The second-order valence-electron chi connectivity index (χ2n) is 11.7. The number of nitrogens with zero attached hydrogens (tertiary/aromatic N) is 7. The molecule has 1 aliphatic carbocycles. The van der Waals surface area contributed by atoms with E-state index in [-0.39, 0.29) is 17.5 Å². The smallest absolute Gasteiger partial charge is 0.318 e. The first-order valence-corrected chi connectivity index (χ1v) is 14.2. The number of aromatic nitrogens is 4. The van der Waals surface area contributed by atoms with Crippen LogP contribution in [0.1, 0.15) is 68.4 Å². The normalized spacial score (nSPS) is 24.7. The summed E-state index contributed by atoms with van der Waals surface area (Å²) in [7, 11) is 2.11. The molecule has 0 spiro atoms. The molecule has 4 aliphatic rings. The Labute approximate surface area is 224 Å². The zero-order valence-electron chi connectivity index (χ0n) is 22.9. The van der Waals surface area contributed by atoms with Crippen molar-refractivity contribution in [3.63, 3.8) is 0 Å². The van der Waals surface area contributed by atoms with Crippen LogP contribution in [0.5, 0.6) is 6.01 Å². The van der Waals surface area contributed by atoms with Gasteiger partial charge < -0.3 is 19.1 Å². The number of fused-ring (bicyclic) bond motifs is 2. The van der Waals surface area contributed by atoms with Crippen molar-refractivity contribution < 1.29 is 14.1 Å². The van der Waals surface area contributed by atoms with Crippen molar-refractivity contribution in [1.29, 1.82) is 0 Å². The van der Waals surface area contributed by atoms with Gasteiger partial charge in [-0.3, -0.25) is 9.69 Å². The minimum absolute atomic E-state index is 0.0453. The van der Waals surface area contributed by atoms with Crippen LogP contribution in [0, 0.1) is 12.8 Å². The zero-order valence-corrected chi connectivity index (χ0v) is 22.9. The van der Waals surface area contributed by atoms with Crippen molar-refractivity contribution in [3.05, 3.63) is 29.0 Å². The highest BCUT2D eigenvalue weighted by molar-refractivity contribution is 5.91. The Morgan fingerprint density at radius 1 is 1.18 bits per heavy atom. The van der Waals surface area contributed by atoms with Gasteiger partial charge in [-0.1, -0.05) is 12.1 Å². The van der Waals surface area contributed by atoms with E-state index in [0.717, 1.165) is 37.2 Å². The number of hydrogen-bond acceptors (Lipinski definition) is 9. The van der Waals surface area contributed by atoms with Gasteiger partial charge in [-0.2, -0.15) is 15.0 Å². The lowest BCUT2D eigenvalue weighted by atomic mass is 9.88. The van der Waals surface area contributed by atoms with E-state index in [1.54, 1.807) is 13.0 Å². The molecule has 0 bridgehead atoms. The van der Waals surface area contributed by atoms with Gasteiger partial charge in [0, 0.05) is 43.9 Å². The highest BCUT2D eigenvalue weighted by Crippen LogP contribution is 2.39. The maximum absolute atomic E-state index is 12.8. The van der Waals surface area contributed by atoms with Crippen molar-refractivity contribution >= 4 is 17.8 Å². The number of carbonyl (C=O) groups excluding carboxylic acids is 1. The molecule has 10 heteroatoms. The van der Waals surface area contributed by atoms with Crippen molar-refractivity contribution in [2.75, 3.05) is 44.7 Å². The minimum atomic E-state index is -0.0453. The van der Waals surface area contributed by atoms with Crippen molar-refractivity contribution in [1.82, 2.24) is 29.9 Å². The SMILES string of the molecule is Cc1noc(/C=C/C(=O)N2CCC(N(C)c3nc(OCC45CCCN4CCC5)nc4c3CC(C)CC4)C2)n1. The highest BCUT2D eigenvalue weighted by Gasteiger charge is 2.45. The van der Waals surface area contributed by atoms with Gasteiger partial charge in [0.15, 0.2) is 5.82 Å². The summed E-state index contributed by atoms with van der Waals surface area (Å²) in [6, 6.07) is 0.692. The van der Waals surface area contributed by atoms with Crippen LogP contribution in [-0.2, 0) is 17.6 Å². The molecule has 3 saturated heterocycles. The molecule has 1 amide bonds. The van der Waals surface area contributed by atoms with E-state index in [2.05, 4.69) is 33.9 Å². The summed E-state index contributed by atoms with van der Waals surface area (Å²) in [5.41, 5.74) is 2.54. The molecule has 0 N–H and O–H groups in total. The van der Waals surface area contributed by atoms with Crippen molar-refractivity contribution in [3.8, 4) is 6.01 Å². The van der Waals surface area contributed by atoms with Gasteiger partial charge in [0.05, 0.1) is 11.2 Å². The predicted octanol–water partition coefficient (Wildman–Crippen LogP) is 3.05. The van der Waals surface area contributed by atoms with Crippen molar-refractivity contribution in [2.24, 2.45) is 5.92 Å². The molecule has 204 valence electrons. The highest BCUT2D eigenvalue weighted by atomic mass is 16.5. The van der Waals surface area contributed by atoms with Crippen molar-refractivity contribution in [2.45, 2.75) is 76.8 Å². The molecular weight excluding hydrogens is 482 g/mol. The standard InChI is InChI=1S/C28H39N7O3/c1-19-6-7-23-22(16-19)26(31-27(30-23)37-18-28-11-4-13-35(28)14-5-12-28)33(3)21-10-15-34(17-21)25(36)9-8-24-29-20(2)32-38-24/h8-9,19,21H,4-7,10-18H2,1-3H3/b9-8+. The van der Waals surface area contributed by atoms with Crippen LogP contribution in [0.25, 0.3) is 6.08 Å². The molecule has 2 aromatic heterocycles. The molecule has 0 aromatic carbocycles. The Hall–Kier alpha value is -3.01. The number of rotatable bonds is 7. The largest absolute Gasteiger partial charge is 0.461 e. The van der Waals surface area contributed by atoms with E-state index in [1.165, 1.54) is 50.4 Å². The molecule has 10 nitrogen and oxygen atoms in total. The predicted molar refractivity (Wildman–Crippen MR) is 143 cm³/mol. The van der Waals surface area contributed by atoms with Gasteiger partial charge in [0.25, 0.3) is 5.89 Å². The molecule has 5 heterocycles. The average molecular weight is 522 g/mol. The molecular formula is C28H39N7O3.